The Kier molecular flexibility index (Phi) is 6.07. The Morgan fingerprint density at radius 3 is 2.74 bits per heavy atom. The molecule has 9 nitrogen and oxygen atoms in total. The summed E-state index contributed by atoms with van der Waals surface area (Å²) in [6.45, 7) is 0.581. The van der Waals surface area contributed by atoms with Crippen molar-refractivity contribution in [2.75, 3.05) is 31.9 Å². The zero-order valence-electron chi connectivity index (χ0n) is 20.1. The highest BCUT2D eigenvalue weighted by Crippen LogP contribution is 2.45. The Labute approximate surface area is 219 Å². The van der Waals surface area contributed by atoms with Crippen LogP contribution in [0.15, 0.2) is 58.4 Å². The van der Waals surface area contributed by atoms with E-state index in [4.69, 9.17) is 9.47 Å². The molecule has 38 heavy (non-hydrogen) atoms. The van der Waals surface area contributed by atoms with Gasteiger partial charge in [-0.15, -0.1) is 11.8 Å². The van der Waals surface area contributed by atoms with Crippen molar-refractivity contribution in [1.82, 2.24) is 9.58 Å². The summed E-state index contributed by atoms with van der Waals surface area (Å²) in [6, 6.07) is 10.6. The molecule has 0 aliphatic carbocycles. The lowest BCUT2D eigenvalue weighted by atomic mass is 9.93. The SMILES string of the molecule is COC(=O)Oc1c2n(ccc1=O)N(C1c3ccccc3SCc3c1ccc(F)c3F)[C@@H]1COCCN1C2=O. The van der Waals surface area contributed by atoms with Crippen LogP contribution >= 0.6 is 11.8 Å². The van der Waals surface area contributed by atoms with Gasteiger partial charge < -0.3 is 19.1 Å². The third kappa shape index (κ3) is 3.74. The lowest BCUT2D eigenvalue weighted by Crippen LogP contribution is -2.66. The third-order valence-electron chi connectivity index (χ3n) is 6.89. The first-order chi connectivity index (χ1) is 18.4. The van der Waals surface area contributed by atoms with E-state index in [1.165, 1.54) is 33.6 Å². The Bertz CT molecular complexity index is 1530. The average molecular weight is 542 g/mol. The van der Waals surface area contributed by atoms with E-state index in [1.54, 1.807) is 11.1 Å². The molecule has 0 radical (unpaired) electrons. The molecule has 0 saturated carbocycles. The monoisotopic (exact) mass is 541 g/mol. The Morgan fingerprint density at radius 1 is 1.11 bits per heavy atom. The molecule has 3 aliphatic heterocycles. The molecule has 6 rings (SSSR count). The molecule has 1 amide bonds. The number of carbonyl (C=O) groups excluding carboxylic acids is 2. The molecular formula is C26H21F2N3O6S. The molecule has 1 unspecified atom stereocenters. The molecule has 3 aliphatic rings. The van der Waals surface area contributed by atoms with Gasteiger partial charge >= 0.3 is 6.16 Å². The number of methoxy groups -OCH3 is 1. The summed E-state index contributed by atoms with van der Waals surface area (Å²) in [4.78, 5) is 40.9. The molecule has 1 fully saturated rings. The number of halogens is 2. The first-order valence-corrected chi connectivity index (χ1v) is 12.8. The van der Waals surface area contributed by atoms with Gasteiger partial charge in [0.2, 0.25) is 11.2 Å². The van der Waals surface area contributed by atoms with E-state index in [2.05, 4.69) is 4.74 Å². The van der Waals surface area contributed by atoms with Crippen LogP contribution < -0.4 is 15.2 Å². The quantitative estimate of drug-likeness (QED) is 0.456. The highest BCUT2D eigenvalue weighted by molar-refractivity contribution is 7.98. The second-order valence-electron chi connectivity index (χ2n) is 8.85. The Balaban J connectivity index is 1.65. The van der Waals surface area contributed by atoms with Crippen molar-refractivity contribution in [1.29, 1.82) is 0 Å². The highest BCUT2D eigenvalue weighted by atomic mass is 32.2. The predicted octanol–water partition coefficient (Wildman–Crippen LogP) is 3.42. The number of ether oxygens (including phenoxy) is 3. The number of rotatable bonds is 2. The van der Waals surface area contributed by atoms with Gasteiger partial charge in [-0.05, 0) is 23.3 Å². The van der Waals surface area contributed by atoms with Gasteiger partial charge in [0.05, 0.1) is 26.4 Å². The minimum absolute atomic E-state index is 0.120. The van der Waals surface area contributed by atoms with Crippen molar-refractivity contribution in [3.63, 3.8) is 0 Å². The van der Waals surface area contributed by atoms with E-state index in [0.29, 0.717) is 5.56 Å². The zero-order valence-corrected chi connectivity index (χ0v) is 20.9. The molecule has 12 heteroatoms. The second kappa shape index (κ2) is 9.44. The largest absolute Gasteiger partial charge is 0.513 e. The summed E-state index contributed by atoms with van der Waals surface area (Å²) in [5, 5.41) is 1.79. The summed E-state index contributed by atoms with van der Waals surface area (Å²) in [7, 11) is 1.09. The molecule has 0 N–H and O–H groups in total. The molecule has 0 bridgehead atoms. The molecule has 2 aromatic carbocycles. The van der Waals surface area contributed by atoms with Crippen LogP contribution in [0.2, 0.25) is 0 Å². The zero-order chi connectivity index (χ0) is 26.6. The molecular weight excluding hydrogens is 520 g/mol. The normalized spacial score (nSPS) is 20.0. The highest BCUT2D eigenvalue weighted by Gasteiger charge is 2.46. The van der Waals surface area contributed by atoms with Gasteiger partial charge in [0.25, 0.3) is 5.91 Å². The minimum atomic E-state index is -1.15. The van der Waals surface area contributed by atoms with Crippen LogP contribution in [0, 0.1) is 11.6 Å². The summed E-state index contributed by atoms with van der Waals surface area (Å²) in [5.41, 5.74) is 0.625. The first-order valence-electron chi connectivity index (χ1n) is 11.8. The number of pyridine rings is 1. The molecule has 196 valence electrons. The van der Waals surface area contributed by atoms with E-state index in [9.17, 15) is 18.8 Å². The van der Waals surface area contributed by atoms with Crippen molar-refractivity contribution in [2.45, 2.75) is 22.9 Å². The summed E-state index contributed by atoms with van der Waals surface area (Å²) >= 11 is 1.38. The number of morpholine rings is 1. The number of benzene rings is 2. The minimum Gasteiger partial charge on any atom is -0.437 e. The van der Waals surface area contributed by atoms with Gasteiger partial charge in [-0.25, -0.2) is 13.6 Å². The van der Waals surface area contributed by atoms with Gasteiger partial charge in [-0.2, -0.15) is 0 Å². The number of carbonyl (C=O) groups is 2. The number of hydrogen-bond acceptors (Lipinski definition) is 8. The van der Waals surface area contributed by atoms with E-state index in [1.807, 2.05) is 24.3 Å². The fourth-order valence-electron chi connectivity index (χ4n) is 5.19. The molecule has 4 heterocycles. The third-order valence-corrected chi connectivity index (χ3v) is 8.00. The van der Waals surface area contributed by atoms with Crippen LogP contribution in [0.1, 0.15) is 33.2 Å². The first kappa shape index (κ1) is 24.4. The lowest BCUT2D eigenvalue weighted by Gasteiger charge is -2.51. The van der Waals surface area contributed by atoms with Crippen LogP contribution in [0.3, 0.4) is 0 Å². The standard InChI is InChI=1S/C26H21F2N3O6S/c1-35-26(34)37-24-18(32)8-9-30-23(24)25(33)29-10-11-36-12-20(29)31(30)22-14-6-7-17(27)21(28)16(14)13-38-19-5-3-2-4-15(19)22/h2-9,20,22H,10-13H2,1H3/t20-,22?/m1/s1. The smallest absolute Gasteiger partial charge is 0.437 e. The van der Waals surface area contributed by atoms with Crippen molar-refractivity contribution in [2.24, 2.45) is 0 Å². The van der Waals surface area contributed by atoms with Crippen LogP contribution in [-0.2, 0) is 15.2 Å². The topological polar surface area (TPSA) is 90.3 Å². The molecule has 2 atom stereocenters. The maximum Gasteiger partial charge on any atom is 0.513 e. The van der Waals surface area contributed by atoms with Crippen molar-refractivity contribution < 1.29 is 32.6 Å². The van der Waals surface area contributed by atoms with E-state index in [0.717, 1.165) is 23.6 Å². The predicted molar refractivity (Wildman–Crippen MR) is 132 cm³/mol. The van der Waals surface area contributed by atoms with Gasteiger partial charge in [0.15, 0.2) is 17.3 Å². The molecule has 3 aromatic rings. The van der Waals surface area contributed by atoms with Gasteiger partial charge in [-0.3, -0.25) is 19.3 Å². The number of fused-ring (bicyclic) bond motifs is 4. The number of amides is 1. The summed E-state index contributed by atoms with van der Waals surface area (Å²) in [5.74, 6) is -2.72. The fraction of sp³-hybridized carbons (Fsp3) is 0.269. The number of nitrogens with zero attached hydrogens (tertiary/aromatic N) is 3. The maximum absolute atomic E-state index is 15.2. The number of aromatic nitrogens is 1. The fourth-order valence-corrected chi connectivity index (χ4v) is 6.31. The van der Waals surface area contributed by atoms with Crippen molar-refractivity contribution in [3.05, 3.63) is 92.9 Å². The van der Waals surface area contributed by atoms with Crippen LogP contribution in [0.4, 0.5) is 13.6 Å². The van der Waals surface area contributed by atoms with Crippen molar-refractivity contribution in [3.8, 4) is 5.75 Å². The molecule has 1 saturated heterocycles. The Hall–Kier alpha value is -3.90. The van der Waals surface area contributed by atoms with Gasteiger partial charge in [0, 0.05) is 35.0 Å². The van der Waals surface area contributed by atoms with E-state index >= 15 is 4.39 Å². The average Bonchev–Trinajstić information content (AvgIpc) is 3.10. The Morgan fingerprint density at radius 2 is 1.92 bits per heavy atom. The maximum atomic E-state index is 15.2. The lowest BCUT2D eigenvalue weighted by molar-refractivity contribution is -0.0198. The van der Waals surface area contributed by atoms with E-state index in [-0.39, 0.29) is 36.8 Å². The summed E-state index contributed by atoms with van der Waals surface area (Å²) < 4.78 is 46.5. The number of hydrogen-bond donors (Lipinski definition) is 0. The number of thioether (sulfide) groups is 1. The molecule has 1 aromatic heterocycles. The second-order valence-corrected chi connectivity index (χ2v) is 9.87. The van der Waals surface area contributed by atoms with E-state index < -0.39 is 47.1 Å². The van der Waals surface area contributed by atoms with Crippen LogP contribution in [0.5, 0.6) is 5.75 Å². The van der Waals surface area contributed by atoms with Crippen LogP contribution in [0.25, 0.3) is 0 Å². The van der Waals surface area contributed by atoms with Gasteiger partial charge in [-0.1, -0.05) is 24.3 Å². The molecule has 0 spiro atoms. The van der Waals surface area contributed by atoms with Crippen LogP contribution in [-0.4, -0.2) is 54.7 Å². The summed E-state index contributed by atoms with van der Waals surface area (Å²) in [6.07, 6.45) is -0.413. The van der Waals surface area contributed by atoms with Crippen molar-refractivity contribution >= 4 is 23.8 Å². The van der Waals surface area contributed by atoms with Gasteiger partial charge in [0.1, 0.15) is 6.17 Å².